The molecule has 0 saturated carbocycles. The highest BCUT2D eigenvalue weighted by molar-refractivity contribution is 5.90. The van der Waals surface area contributed by atoms with E-state index in [-0.39, 0.29) is 11.7 Å². The van der Waals surface area contributed by atoms with E-state index in [9.17, 15) is 4.79 Å². The van der Waals surface area contributed by atoms with Crippen LogP contribution < -0.4 is 4.90 Å². The largest absolute Gasteiger partial charge is 0.508 e. The van der Waals surface area contributed by atoms with Gasteiger partial charge in [0.2, 0.25) is 5.91 Å². The highest BCUT2D eigenvalue weighted by Gasteiger charge is 2.03. The number of rotatable bonds is 1. The molecule has 0 saturated heterocycles. The summed E-state index contributed by atoms with van der Waals surface area (Å²) in [6, 6.07) is 6.48. The third kappa shape index (κ3) is 1.75. The van der Waals surface area contributed by atoms with Crippen LogP contribution in [0.1, 0.15) is 6.92 Å². The molecule has 12 heavy (non-hydrogen) atoms. The first-order chi connectivity index (χ1) is 5.61. The van der Waals surface area contributed by atoms with Crippen molar-refractivity contribution in [1.29, 1.82) is 0 Å². The predicted octanol–water partition coefficient (Wildman–Crippen LogP) is 1.37. The van der Waals surface area contributed by atoms with Gasteiger partial charge in [-0.05, 0) is 24.3 Å². The molecule has 0 aliphatic carbocycles. The summed E-state index contributed by atoms with van der Waals surface area (Å²) in [7, 11) is 1.69. The lowest BCUT2D eigenvalue weighted by Gasteiger charge is -2.14. The summed E-state index contributed by atoms with van der Waals surface area (Å²) in [5, 5.41) is 8.97. The average Bonchev–Trinajstić information content (AvgIpc) is 2.04. The molecule has 64 valence electrons. The van der Waals surface area contributed by atoms with Crippen LogP contribution in [0.4, 0.5) is 5.69 Å². The SMILES string of the molecule is CC(=O)N(C)c1ccc(O)cc1. The van der Waals surface area contributed by atoms with E-state index in [0.29, 0.717) is 0 Å². The van der Waals surface area contributed by atoms with Gasteiger partial charge < -0.3 is 10.0 Å². The molecule has 1 N–H and O–H groups in total. The van der Waals surface area contributed by atoms with Crippen molar-refractivity contribution < 1.29 is 9.90 Å². The molecule has 0 spiro atoms. The van der Waals surface area contributed by atoms with Crippen molar-refractivity contribution in [1.82, 2.24) is 0 Å². The number of phenolic OH excluding ortho intramolecular Hbond substituents is 1. The first-order valence-corrected chi connectivity index (χ1v) is 3.64. The Kier molecular flexibility index (Phi) is 2.33. The molecular weight excluding hydrogens is 154 g/mol. The number of hydrogen-bond acceptors (Lipinski definition) is 2. The van der Waals surface area contributed by atoms with Crippen molar-refractivity contribution in [3.8, 4) is 5.75 Å². The van der Waals surface area contributed by atoms with E-state index >= 15 is 0 Å². The Morgan fingerprint density at radius 2 is 1.83 bits per heavy atom. The molecule has 1 aromatic carbocycles. The second-order valence-corrected chi connectivity index (χ2v) is 2.59. The minimum absolute atomic E-state index is 0.0271. The Bertz CT molecular complexity index is 279. The van der Waals surface area contributed by atoms with Gasteiger partial charge in [-0.25, -0.2) is 0 Å². The van der Waals surface area contributed by atoms with Crippen LogP contribution in [0.15, 0.2) is 24.3 Å². The molecule has 1 rings (SSSR count). The summed E-state index contributed by atoms with van der Waals surface area (Å²) in [5.74, 6) is 0.177. The Morgan fingerprint density at radius 3 is 2.25 bits per heavy atom. The molecule has 0 heterocycles. The van der Waals surface area contributed by atoms with Crippen molar-refractivity contribution in [3.63, 3.8) is 0 Å². The van der Waals surface area contributed by atoms with E-state index in [2.05, 4.69) is 0 Å². The first kappa shape index (κ1) is 8.59. The van der Waals surface area contributed by atoms with Crippen molar-refractivity contribution in [2.24, 2.45) is 0 Å². The fourth-order valence-electron chi connectivity index (χ4n) is 0.858. The lowest BCUT2D eigenvalue weighted by atomic mass is 10.3. The maximum Gasteiger partial charge on any atom is 0.223 e. The summed E-state index contributed by atoms with van der Waals surface area (Å²) in [6.45, 7) is 1.49. The van der Waals surface area contributed by atoms with E-state index in [1.54, 1.807) is 31.3 Å². The van der Waals surface area contributed by atoms with Crippen molar-refractivity contribution in [2.45, 2.75) is 6.92 Å². The summed E-state index contributed by atoms with van der Waals surface area (Å²) in [5.41, 5.74) is 0.778. The van der Waals surface area contributed by atoms with E-state index in [0.717, 1.165) is 5.69 Å². The normalized spacial score (nSPS) is 9.50. The molecule has 0 aromatic heterocycles. The van der Waals surface area contributed by atoms with Crippen LogP contribution in [0.25, 0.3) is 0 Å². The summed E-state index contributed by atoms with van der Waals surface area (Å²) in [4.78, 5) is 12.4. The molecule has 1 amide bonds. The van der Waals surface area contributed by atoms with E-state index in [1.807, 2.05) is 0 Å². The maximum absolute atomic E-state index is 10.9. The van der Waals surface area contributed by atoms with Crippen LogP contribution in [0.2, 0.25) is 0 Å². The molecular formula is C9H11NO2. The van der Waals surface area contributed by atoms with Gasteiger partial charge in [-0.15, -0.1) is 0 Å². The van der Waals surface area contributed by atoms with Crippen LogP contribution in [0.5, 0.6) is 5.75 Å². The molecule has 0 aliphatic heterocycles. The highest BCUT2D eigenvalue weighted by Crippen LogP contribution is 2.16. The second-order valence-electron chi connectivity index (χ2n) is 2.59. The number of benzene rings is 1. The Balaban J connectivity index is 2.89. The van der Waals surface area contributed by atoms with Crippen molar-refractivity contribution in [2.75, 3.05) is 11.9 Å². The number of hydrogen-bond donors (Lipinski definition) is 1. The number of phenols is 1. The number of anilines is 1. The summed E-state index contributed by atoms with van der Waals surface area (Å²) < 4.78 is 0. The highest BCUT2D eigenvalue weighted by atomic mass is 16.3. The lowest BCUT2D eigenvalue weighted by molar-refractivity contribution is -0.116. The molecule has 0 unspecified atom stereocenters. The quantitative estimate of drug-likeness (QED) is 0.682. The Morgan fingerprint density at radius 1 is 1.33 bits per heavy atom. The van der Waals surface area contributed by atoms with Gasteiger partial charge in [0.25, 0.3) is 0 Å². The zero-order valence-electron chi connectivity index (χ0n) is 7.11. The summed E-state index contributed by atoms with van der Waals surface area (Å²) >= 11 is 0. The average molecular weight is 165 g/mol. The van der Waals surface area contributed by atoms with E-state index in [4.69, 9.17) is 5.11 Å². The van der Waals surface area contributed by atoms with Crippen LogP contribution in [0, 0.1) is 0 Å². The number of nitrogens with zero attached hydrogens (tertiary/aromatic N) is 1. The van der Waals surface area contributed by atoms with Gasteiger partial charge in [-0.3, -0.25) is 4.79 Å². The molecule has 0 bridgehead atoms. The molecule has 3 nitrogen and oxygen atoms in total. The zero-order valence-corrected chi connectivity index (χ0v) is 7.11. The summed E-state index contributed by atoms with van der Waals surface area (Å²) in [6.07, 6.45) is 0. The Hall–Kier alpha value is -1.51. The predicted molar refractivity (Wildman–Crippen MR) is 47.2 cm³/mol. The maximum atomic E-state index is 10.9. The third-order valence-corrected chi connectivity index (χ3v) is 1.71. The fraction of sp³-hybridized carbons (Fsp3) is 0.222. The van der Waals surface area contributed by atoms with Gasteiger partial charge in [0, 0.05) is 19.7 Å². The molecule has 1 aromatic rings. The minimum Gasteiger partial charge on any atom is -0.508 e. The van der Waals surface area contributed by atoms with Gasteiger partial charge in [0.05, 0.1) is 0 Å². The molecule has 3 heteroatoms. The van der Waals surface area contributed by atoms with Crippen molar-refractivity contribution >= 4 is 11.6 Å². The topological polar surface area (TPSA) is 40.5 Å². The number of carbonyl (C=O) groups excluding carboxylic acids is 1. The van der Waals surface area contributed by atoms with Gasteiger partial charge in [0.1, 0.15) is 5.75 Å². The van der Waals surface area contributed by atoms with Gasteiger partial charge in [0.15, 0.2) is 0 Å². The monoisotopic (exact) mass is 165 g/mol. The Labute approximate surface area is 71.2 Å². The van der Waals surface area contributed by atoms with Crippen LogP contribution >= 0.6 is 0 Å². The minimum atomic E-state index is -0.0271. The van der Waals surface area contributed by atoms with Crippen LogP contribution in [-0.4, -0.2) is 18.1 Å². The third-order valence-electron chi connectivity index (χ3n) is 1.71. The van der Waals surface area contributed by atoms with E-state index in [1.165, 1.54) is 11.8 Å². The molecule has 0 radical (unpaired) electrons. The van der Waals surface area contributed by atoms with Gasteiger partial charge in [-0.2, -0.15) is 0 Å². The van der Waals surface area contributed by atoms with Crippen LogP contribution in [-0.2, 0) is 4.79 Å². The number of carbonyl (C=O) groups is 1. The lowest BCUT2D eigenvalue weighted by Crippen LogP contribution is -2.22. The van der Waals surface area contributed by atoms with Gasteiger partial charge in [-0.1, -0.05) is 0 Å². The van der Waals surface area contributed by atoms with Crippen LogP contribution in [0.3, 0.4) is 0 Å². The van der Waals surface area contributed by atoms with Crippen molar-refractivity contribution in [3.05, 3.63) is 24.3 Å². The number of aromatic hydroxyl groups is 1. The van der Waals surface area contributed by atoms with E-state index < -0.39 is 0 Å². The molecule has 0 aliphatic rings. The standard InChI is InChI=1S/C9H11NO2/c1-7(11)10(2)8-3-5-9(12)6-4-8/h3-6,12H,1-2H3. The number of amides is 1. The van der Waals surface area contributed by atoms with Gasteiger partial charge >= 0.3 is 0 Å². The zero-order chi connectivity index (χ0) is 9.14. The smallest absolute Gasteiger partial charge is 0.223 e. The molecule has 0 atom stereocenters. The second kappa shape index (κ2) is 3.26. The molecule has 0 fully saturated rings. The first-order valence-electron chi connectivity index (χ1n) is 3.64. The fourth-order valence-corrected chi connectivity index (χ4v) is 0.858.